The molecule has 8 nitrogen and oxygen atoms in total. The van der Waals surface area contributed by atoms with Gasteiger partial charge in [0.15, 0.2) is 6.61 Å². The van der Waals surface area contributed by atoms with Crippen molar-refractivity contribution in [3.63, 3.8) is 0 Å². The molecule has 0 radical (unpaired) electrons. The molecule has 29 heavy (non-hydrogen) atoms. The molecule has 0 fully saturated rings. The van der Waals surface area contributed by atoms with Crippen molar-refractivity contribution in [1.29, 1.82) is 0 Å². The highest BCUT2D eigenvalue weighted by Crippen LogP contribution is 2.20. The van der Waals surface area contributed by atoms with Crippen LogP contribution >= 0.6 is 23.2 Å². The molecule has 0 aliphatic carbocycles. The van der Waals surface area contributed by atoms with Crippen LogP contribution in [0.1, 0.15) is 31.1 Å². The molecule has 0 atom stereocenters. The summed E-state index contributed by atoms with van der Waals surface area (Å²) in [6.07, 6.45) is 0. The lowest BCUT2D eigenvalue weighted by molar-refractivity contribution is -0.119. The van der Waals surface area contributed by atoms with E-state index in [-0.39, 0.29) is 32.4 Å². The topological polar surface area (TPSA) is 108 Å². The first kappa shape index (κ1) is 22.2. The van der Waals surface area contributed by atoms with E-state index in [1.165, 1.54) is 50.6 Å². The summed E-state index contributed by atoms with van der Waals surface area (Å²) in [7, 11) is 2.35. The van der Waals surface area contributed by atoms with Crippen LogP contribution < -0.4 is 5.32 Å². The normalized spacial score (nSPS) is 10.1. The largest absolute Gasteiger partial charge is 0.465 e. The summed E-state index contributed by atoms with van der Waals surface area (Å²) < 4.78 is 14.2. The average Bonchev–Trinajstić information content (AvgIpc) is 2.69. The molecule has 0 saturated carbocycles. The zero-order valence-electron chi connectivity index (χ0n) is 15.3. The van der Waals surface area contributed by atoms with Crippen LogP contribution in [0.15, 0.2) is 36.4 Å². The first-order valence-electron chi connectivity index (χ1n) is 7.98. The third-order valence-corrected chi connectivity index (χ3v) is 3.93. The van der Waals surface area contributed by atoms with Crippen LogP contribution in [-0.2, 0) is 19.0 Å². The minimum Gasteiger partial charge on any atom is -0.465 e. The Morgan fingerprint density at radius 3 is 1.72 bits per heavy atom. The van der Waals surface area contributed by atoms with Crippen molar-refractivity contribution in [1.82, 2.24) is 0 Å². The lowest BCUT2D eigenvalue weighted by Gasteiger charge is -2.10. The molecule has 10 heteroatoms. The van der Waals surface area contributed by atoms with E-state index >= 15 is 0 Å². The van der Waals surface area contributed by atoms with Gasteiger partial charge in [-0.05, 0) is 36.4 Å². The Hall–Kier alpha value is -3.10. The first-order valence-corrected chi connectivity index (χ1v) is 8.74. The van der Waals surface area contributed by atoms with Crippen molar-refractivity contribution >= 4 is 52.7 Å². The van der Waals surface area contributed by atoms with E-state index in [0.29, 0.717) is 0 Å². The molecule has 0 aliphatic rings. The predicted octanol–water partition coefficient (Wildman–Crippen LogP) is 3.36. The highest BCUT2D eigenvalue weighted by Gasteiger charge is 2.16. The van der Waals surface area contributed by atoms with Crippen LogP contribution in [0.2, 0.25) is 10.0 Å². The van der Waals surface area contributed by atoms with E-state index in [2.05, 4.69) is 14.8 Å². The number of carbonyl (C=O) groups is 4. The van der Waals surface area contributed by atoms with Crippen LogP contribution in [0.4, 0.5) is 5.69 Å². The summed E-state index contributed by atoms with van der Waals surface area (Å²) in [5.41, 5.74) is 0.239. The maximum Gasteiger partial charge on any atom is 0.338 e. The van der Waals surface area contributed by atoms with Crippen LogP contribution in [0, 0.1) is 0 Å². The zero-order valence-corrected chi connectivity index (χ0v) is 16.8. The summed E-state index contributed by atoms with van der Waals surface area (Å²) >= 11 is 11.6. The van der Waals surface area contributed by atoms with Gasteiger partial charge in [-0.25, -0.2) is 14.4 Å². The quantitative estimate of drug-likeness (QED) is 0.542. The third kappa shape index (κ3) is 6.20. The van der Waals surface area contributed by atoms with E-state index in [9.17, 15) is 19.2 Å². The number of rotatable bonds is 6. The minimum atomic E-state index is -0.803. The Balaban J connectivity index is 2.10. The Morgan fingerprint density at radius 1 is 0.759 bits per heavy atom. The molecule has 152 valence electrons. The molecular formula is C19H15Cl2NO7. The lowest BCUT2D eigenvalue weighted by Crippen LogP contribution is -2.21. The second kappa shape index (κ2) is 9.90. The van der Waals surface area contributed by atoms with Gasteiger partial charge in [-0.1, -0.05) is 23.2 Å². The zero-order chi connectivity index (χ0) is 21.6. The van der Waals surface area contributed by atoms with Crippen molar-refractivity contribution in [2.24, 2.45) is 0 Å². The van der Waals surface area contributed by atoms with Gasteiger partial charge in [0, 0.05) is 15.7 Å². The number of benzene rings is 2. The lowest BCUT2D eigenvalue weighted by atomic mass is 10.1. The summed E-state index contributed by atoms with van der Waals surface area (Å²) in [4.78, 5) is 47.7. The number of halogens is 2. The van der Waals surface area contributed by atoms with Crippen LogP contribution in [0.25, 0.3) is 0 Å². The number of hydrogen-bond acceptors (Lipinski definition) is 7. The molecule has 1 amide bonds. The van der Waals surface area contributed by atoms with E-state index in [0.717, 1.165) is 0 Å². The van der Waals surface area contributed by atoms with Crippen molar-refractivity contribution in [2.75, 3.05) is 26.1 Å². The third-order valence-electron chi connectivity index (χ3n) is 3.49. The number of anilines is 1. The summed E-state index contributed by atoms with van der Waals surface area (Å²) in [6.45, 7) is -0.626. The summed E-state index contributed by atoms with van der Waals surface area (Å²) in [5, 5.41) is 2.91. The average molecular weight is 440 g/mol. The second-order valence-corrected chi connectivity index (χ2v) is 6.44. The highest BCUT2D eigenvalue weighted by molar-refractivity contribution is 6.35. The van der Waals surface area contributed by atoms with Gasteiger partial charge in [-0.15, -0.1) is 0 Å². The highest BCUT2D eigenvalue weighted by atomic mass is 35.5. The Morgan fingerprint density at radius 2 is 1.24 bits per heavy atom. The standard InChI is InChI=1S/C19H15Cl2NO7/c1-27-17(24)10-3-11(18(25)28-2)7-15(6-10)22-16(23)9-29-19(26)12-4-13(20)8-14(21)5-12/h3-8H,9H2,1-2H3,(H,22,23). The van der Waals surface area contributed by atoms with E-state index < -0.39 is 30.4 Å². The molecule has 0 aromatic heterocycles. The number of carbonyl (C=O) groups excluding carboxylic acids is 4. The molecule has 2 aromatic rings. The molecule has 0 aliphatic heterocycles. The fourth-order valence-corrected chi connectivity index (χ4v) is 2.78. The van der Waals surface area contributed by atoms with Crippen molar-refractivity contribution in [3.8, 4) is 0 Å². The van der Waals surface area contributed by atoms with Gasteiger partial charge >= 0.3 is 17.9 Å². The first-order chi connectivity index (χ1) is 13.7. The molecule has 0 bridgehead atoms. The fraction of sp³-hybridized carbons (Fsp3) is 0.158. The maximum absolute atomic E-state index is 12.1. The minimum absolute atomic E-state index is 0.0243. The molecule has 0 heterocycles. The molecule has 2 rings (SSSR count). The molecule has 2 aromatic carbocycles. The SMILES string of the molecule is COC(=O)c1cc(NC(=O)COC(=O)c2cc(Cl)cc(Cl)c2)cc(C(=O)OC)c1. The maximum atomic E-state index is 12.1. The number of hydrogen-bond donors (Lipinski definition) is 1. The van der Waals surface area contributed by atoms with Gasteiger partial charge in [0.25, 0.3) is 5.91 Å². The number of esters is 3. The van der Waals surface area contributed by atoms with Crippen LogP contribution in [0.5, 0.6) is 0 Å². The Labute approximate surface area is 175 Å². The van der Waals surface area contributed by atoms with E-state index in [4.69, 9.17) is 27.9 Å². The van der Waals surface area contributed by atoms with Crippen LogP contribution in [-0.4, -0.2) is 44.6 Å². The van der Waals surface area contributed by atoms with Gasteiger partial charge < -0.3 is 19.5 Å². The molecule has 0 spiro atoms. The van der Waals surface area contributed by atoms with Crippen LogP contribution in [0.3, 0.4) is 0 Å². The predicted molar refractivity (Wildman–Crippen MR) is 104 cm³/mol. The Bertz CT molecular complexity index is 921. The van der Waals surface area contributed by atoms with Gasteiger partial charge in [0.2, 0.25) is 0 Å². The number of nitrogens with one attached hydrogen (secondary N) is 1. The number of methoxy groups -OCH3 is 2. The van der Waals surface area contributed by atoms with Crippen molar-refractivity contribution < 1.29 is 33.4 Å². The van der Waals surface area contributed by atoms with E-state index in [1.807, 2.05) is 0 Å². The summed E-state index contributed by atoms with van der Waals surface area (Å²) in [5.74, 6) is -2.93. The van der Waals surface area contributed by atoms with E-state index in [1.54, 1.807) is 0 Å². The second-order valence-electron chi connectivity index (χ2n) is 5.56. The molecule has 1 N–H and O–H groups in total. The summed E-state index contributed by atoms with van der Waals surface area (Å²) in [6, 6.07) is 7.99. The van der Waals surface area contributed by atoms with Gasteiger partial charge in [-0.3, -0.25) is 4.79 Å². The smallest absolute Gasteiger partial charge is 0.338 e. The molecular weight excluding hydrogens is 425 g/mol. The number of amides is 1. The Kier molecular flexibility index (Phi) is 7.58. The monoisotopic (exact) mass is 439 g/mol. The van der Waals surface area contributed by atoms with Gasteiger partial charge in [0.1, 0.15) is 0 Å². The fourth-order valence-electron chi connectivity index (χ4n) is 2.25. The van der Waals surface area contributed by atoms with Gasteiger partial charge in [-0.2, -0.15) is 0 Å². The number of ether oxygens (including phenoxy) is 3. The molecule has 0 unspecified atom stereocenters. The van der Waals surface area contributed by atoms with Gasteiger partial charge in [0.05, 0.1) is 30.9 Å². The van der Waals surface area contributed by atoms with Crippen molar-refractivity contribution in [3.05, 3.63) is 63.1 Å². The molecule has 0 saturated heterocycles. The van der Waals surface area contributed by atoms with Crippen molar-refractivity contribution in [2.45, 2.75) is 0 Å².